The minimum Gasteiger partial charge on any atom is -0.364 e. The largest absolute Gasteiger partial charge is 0.364 e. The smallest absolute Gasteiger partial charge is 0.148 e. The summed E-state index contributed by atoms with van der Waals surface area (Å²) in [4.78, 5) is 5.23. The maximum atomic E-state index is 4.30. The molecule has 0 unspecified atom stereocenters. The Bertz CT molecular complexity index is 385. The summed E-state index contributed by atoms with van der Waals surface area (Å²) in [6.07, 6.45) is 1.87. The highest BCUT2D eigenvalue weighted by Crippen LogP contribution is 2.11. The lowest BCUT2D eigenvalue weighted by Crippen LogP contribution is -1.99. The average molecular weight is 208 g/mol. The molecule has 0 saturated heterocycles. The number of nitrogens with one attached hydrogen (secondary N) is 1. The first-order valence-corrected chi connectivity index (χ1v) is 5.25. The molecular weight excluding hydrogens is 196 g/mol. The molecule has 0 bridgehead atoms. The summed E-state index contributed by atoms with van der Waals surface area (Å²) < 4.78 is 1.86. The number of aromatic nitrogens is 3. The third-order valence-corrected chi connectivity index (χ3v) is 2.82. The van der Waals surface area contributed by atoms with Crippen molar-refractivity contribution in [2.24, 2.45) is 7.05 Å². The lowest BCUT2D eigenvalue weighted by Gasteiger charge is -1.98. The second-order valence-electron chi connectivity index (χ2n) is 3.12. The van der Waals surface area contributed by atoms with Crippen molar-refractivity contribution in [2.75, 3.05) is 5.32 Å². The van der Waals surface area contributed by atoms with Crippen molar-refractivity contribution in [1.82, 2.24) is 14.8 Å². The molecule has 2 heterocycles. The first-order chi connectivity index (χ1) is 6.75. The summed E-state index contributed by atoms with van der Waals surface area (Å²) in [6.45, 7) is 2.83. The molecule has 5 heteroatoms. The van der Waals surface area contributed by atoms with Gasteiger partial charge in [-0.15, -0.1) is 11.3 Å². The summed E-state index contributed by atoms with van der Waals surface area (Å²) in [5, 5.41) is 7.55. The minimum absolute atomic E-state index is 0.793. The van der Waals surface area contributed by atoms with Crippen LogP contribution in [0.25, 0.3) is 0 Å². The van der Waals surface area contributed by atoms with Gasteiger partial charge in [-0.05, 0) is 6.92 Å². The molecule has 0 atom stereocenters. The lowest BCUT2D eigenvalue weighted by molar-refractivity contribution is 0.741. The van der Waals surface area contributed by atoms with Crippen LogP contribution in [0.4, 0.5) is 5.82 Å². The molecule has 2 aromatic rings. The zero-order valence-corrected chi connectivity index (χ0v) is 9.01. The second kappa shape index (κ2) is 3.79. The predicted molar refractivity (Wildman–Crippen MR) is 57.4 cm³/mol. The van der Waals surface area contributed by atoms with Crippen LogP contribution in [0.15, 0.2) is 17.8 Å². The van der Waals surface area contributed by atoms with E-state index < -0.39 is 0 Å². The van der Waals surface area contributed by atoms with Crippen LogP contribution in [0, 0.1) is 6.92 Å². The zero-order valence-electron chi connectivity index (χ0n) is 8.19. The number of rotatable bonds is 3. The second-order valence-corrected chi connectivity index (χ2v) is 4.09. The van der Waals surface area contributed by atoms with E-state index in [2.05, 4.69) is 15.4 Å². The van der Waals surface area contributed by atoms with E-state index in [9.17, 15) is 0 Å². The Kier molecular flexibility index (Phi) is 2.49. The average Bonchev–Trinajstić information content (AvgIpc) is 2.74. The molecule has 1 N–H and O–H groups in total. The van der Waals surface area contributed by atoms with Gasteiger partial charge >= 0.3 is 0 Å². The molecule has 0 aliphatic carbocycles. The molecular formula is C9H12N4S. The Morgan fingerprint density at radius 3 is 3.00 bits per heavy atom. The van der Waals surface area contributed by atoms with Gasteiger partial charge in [0.1, 0.15) is 5.82 Å². The van der Waals surface area contributed by atoms with Crippen LogP contribution in [0.1, 0.15) is 10.6 Å². The van der Waals surface area contributed by atoms with Crippen LogP contribution in [0.5, 0.6) is 0 Å². The lowest BCUT2D eigenvalue weighted by atomic mass is 10.4. The van der Waals surface area contributed by atoms with E-state index >= 15 is 0 Å². The Morgan fingerprint density at radius 2 is 2.43 bits per heavy atom. The number of nitrogens with zero attached hydrogens (tertiary/aromatic N) is 3. The summed E-state index contributed by atoms with van der Waals surface area (Å²) >= 11 is 1.64. The fourth-order valence-corrected chi connectivity index (χ4v) is 1.69. The van der Waals surface area contributed by atoms with Crippen molar-refractivity contribution in [3.8, 4) is 0 Å². The van der Waals surface area contributed by atoms with Gasteiger partial charge < -0.3 is 5.32 Å². The Balaban J connectivity index is 1.98. The van der Waals surface area contributed by atoms with Crippen molar-refractivity contribution in [2.45, 2.75) is 13.5 Å². The summed E-state index contributed by atoms with van der Waals surface area (Å²) in [5.74, 6) is 0.915. The van der Waals surface area contributed by atoms with Gasteiger partial charge in [0.05, 0.1) is 12.1 Å². The number of thiazole rings is 1. The molecule has 0 amide bonds. The van der Waals surface area contributed by atoms with Crippen molar-refractivity contribution in [1.29, 1.82) is 0 Å². The van der Waals surface area contributed by atoms with E-state index in [1.165, 1.54) is 4.88 Å². The van der Waals surface area contributed by atoms with Crippen LogP contribution in [-0.2, 0) is 13.6 Å². The van der Waals surface area contributed by atoms with E-state index in [1.807, 2.05) is 36.4 Å². The maximum absolute atomic E-state index is 4.30. The fraction of sp³-hybridized carbons (Fsp3) is 0.333. The van der Waals surface area contributed by atoms with Gasteiger partial charge in [-0.25, -0.2) is 0 Å². The quantitative estimate of drug-likeness (QED) is 0.836. The summed E-state index contributed by atoms with van der Waals surface area (Å²) in [7, 11) is 1.94. The standard InChI is InChI=1S/C9H12N4S/c1-7-3-9(12-13(7)2)11-5-8-4-10-6-14-8/h3-4,6H,5H2,1-2H3,(H,11,12). The first kappa shape index (κ1) is 9.21. The molecule has 0 aromatic carbocycles. The first-order valence-electron chi connectivity index (χ1n) is 4.37. The highest BCUT2D eigenvalue weighted by molar-refractivity contribution is 7.09. The third kappa shape index (κ3) is 1.93. The van der Waals surface area contributed by atoms with Gasteiger partial charge in [0.15, 0.2) is 0 Å². The van der Waals surface area contributed by atoms with E-state index in [1.54, 1.807) is 11.3 Å². The molecule has 2 rings (SSSR count). The fourth-order valence-electron chi connectivity index (χ4n) is 1.15. The van der Waals surface area contributed by atoms with Gasteiger partial charge in [0.25, 0.3) is 0 Å². The molecule has 0 aliphatic rings. The van der Waals surface area contributed by atoms with Crippen LogP contribution in [0.3, 0.4) is 0 Å². The monoisotopic (exact) mass is 208 g/mol. The molecule has 2 aromatic heterocycles. The number of hydrogen-bond donors (Lipinski definition) is 1. The maximum Gasteiger partial charge on any atom is 0.148 e. The Labute approximate surface area is 86.6 Å². The Hall–Kier alpha value is -1.36. The van der Waals surface area contributed by atoms with E-state index in [0.29, 0.717) is 0 Å². The molecule has 0 aliphatic heterocycles. The van der Waals surface area contributed by atoms with Gasteiger partial charge in [-0.2, -0.15) is 5.10 Å². The predicted octanol–water partition coefficient (Wildman–Crippen LogP) is 1.80. The van der Waals surface area contributed by atoms with Crippen LogP contribution in [0.2, 0.25) is 0 Å². The molecule has 0 spiro atoms. The van der Waals surface area contributed by atoms with Gasteiger partial charge in [-0.3, -0.25) is 9.67 Å². The van der Waals surface area contributed by atoms with E-state index in [0.717, 1.165) is 18.1 Å². The van der Waals surface area contributed by atoms with Crippen molar-refractivity contribution >= 4 is 17.2 Å². The SMILES string of the molecule is Cc1cc(NCc2cncs2)nn1C. The topological polar surface area (TPSA) is 42.7 Å². The number of hydrogen-bond acceptors (Lipinski definition) is 4. The number of aryl methyl sites for hydroxylation is 2. The summed E-state index contributed by atoms with van der Waals surface area (Å²) in [5.41, 5.74) is 2.98. The van der Waals surface area contributed by atoms with Crippen molar-refractivity contribution in [3.05, 3.63) is 28.3 Å². The minimum atomic E-state index is 0.793. The van der Waals surface area contributed by atoms with Gasteiger partial charge in [-0.1, -0.05) is 0 Å². The van der Waals surface area contributed by atoms with Crippen molar-refractivity contribution < 1.29 is 0 Å². The van der Waals surface area contributed by atoms with Crippen LogP contribution >= 0.6 is 11.3 Å². The molecule has 14 heavy (non-hydrogen) atoms. The number of anilines is 1. The highest BCUT2D eigenvalue weighted by atomic mass is 32.1. The third-order valence-electron chi connectivity index (χ3n) is 2.04. The van der Waals surface area contributed by atoms with Crippen LogP contribution < -0.4 is 5.32 Å². The molecule has 4 nitrogen and oxygen atoms in total. The van der Waals surface area contributed by atoms with Crippen LogP contribution in [-0.4, -0.2) is 14.8 Å². The zero-order chi connectivity index (χ0) is 9.97. The normalized spacial score (nSPS) is 10.4. The van der Waals surface area contributed by atoms with Crippen molar-refractivity contribution in [3.63, 3.8) is 0 Å². The summed E-state index contributed by atoms with van der Waals surface area (Å²) in [6, 6.07) is 2.03. The Morgan fingerprint density at radius 1 is 1.57 bits per heavy atom. The van der Waals surface area contributed by atoms with E-state index in [-0.39, 0.29) is 0 Å². The molecule has 74 valence electrons. The van der Waals surface area contributed by atoms with E-state index in [4.69, 9.17) is 0 Å². The molecule has 0 saturated carbocycles. The highest BCUT2D eigenvalue weighted by Gasteiger charge is 2.00. The molecule has 0 fully saturated rings. The van der Waals surface area contributed by atoms with Gasteiger partial charge in [0.2, 0.25) is 0 Å². The van der Waals surface area contributed by atoms with Gasteiger partial charge in [0, 0.05) is 29.9 Å². The molecule has 0 radical (unpaired) electrons.